The van der Waals surface area contributed by atoms with Crippen LogP contribution < -0.4 is 45.3 Å². The number of aryl methyl sites for hydroxylation is 2. The first kappa shape index (κ1) is 70.1. The first-order valence-corrected chi connectivity index (χ1v) is 31.8. The fourth-order valence-corrected chi connectivity index (χ4v) is 12.2. The largest absolute Gasteiger partial charge is 0.439 e. The topological polar surface area (TPSA) is 337 Å². The number of ketones is 3. The van der Waals surface area contributed by atoms with Gasteiger partial charge in [-0.05, 0) is 79.9 Å². The molecule has 6 bridgehead atoms. The van der Waals surface area contributed by atoms with Crippen LogP contribution >= 0.6 is 0 Å². The number of urea groups is 3. The van der Waals surface area contributed by atoms with Gasteiger partial charge in [0.15, 0.2) is 58.1 Å². The average Bonchev–Trinajstić information content (AvgIpc) is 1.54. The Balaban J connectivity index is 0.000000145. The molecule has 4 atom stereocenters. The van der Waals surface area contributed by atoms with Gasteiger partial charge in [-0.25, -0.2) is 64.2 Å². The van der Waals surface area contributed by atoms with Gasteiger partial charge in [-0.3, -0.25) is 45.0 Å². The number of nitrogens with zero attached hydrogens (tertiary/aromatic N) is 17. The number of hydrogen-bond acceptors (Lipinski definition) is 22. The van der Waals surface area contributed by atoms with E-state index in [2.05, 4.69) is 65.8 Å². The van der Waals surface area contributed by atoms with Crippen molar-refractivity contribution in [1.82, 2.24) is 49.8 Å². The molecular formula is C65H59F9N20O8. The minimum atomic E-state index is -4.49. The standard InChI is InChI=1S/C23H22F3N7O3.C22H20F3N7O3.C20H17F3N6O2/c1-12(23(24,25)26)9-18(34)15-3-4-17-20(29-15)33(14-6-8-32(17)11-14)22(35)31-21-27-7-5-16(30-21)19-10-28-13(2)36-19;1-12-27-10-18(35-12)15-5-8-26-20(29-15)30-21(34)32-13-6-9-31(11-13)16-3-2-14(28-19(16)32)17(33)4-7-22(23,24)25;21-20(22,23)7-5-16(30)14-2-3-15-18(26-14)29(13-6-8-28(15)11-13)19(31)27-17-4-1-12(9-24)10-25-17/h3-5,7,10,12,14H,6,8-9,11H2,1-2H3,(H,27,30,31,35);2-3,5,8,10,13H,4,6-7,9,11H2,1H3,(H,26,29,30,34);1-4,10,13H,5-8,11H2,(H,25,27,31)/t12-,14-;2*13-/m000/s1. The molecule has 8 aromatic heterocycles. The summed E-state index contributed by atoms with van der Waals surface area (Å²) in [6.45, 7) is 8.13. The fourth-order valence-electron chi connectivity index (χ4n) is 12.2. The second-order valence-corrected chi connectivity index (χ2v) is 24.4. The molecule has 0 unspecified atom stereocenters. The first-order chi connectivity index (χ1) is 48.5. The number of pyridine rings is 4. The van der Waals surface area contributed by atoms with Gasteiger partial charge in [-0.15, -0.1) is 0 Å². The number of oxazole rings is 2. The highest BCUT2D eigenvalue weighted by Crippen LogP contribution is 2.43. The molecule has 14 rings (SSSR count). The van der Waals surface area contributed by atoms with Crippen molar-refractivity contribution in [3.05, 3.63) is 126 Å². The number of carbonyl (C=O) groups is 6. The zero-order valence-corrected chi connectivity index (χ0v) is 54.1. The van der Waals surface area contributed by atoms with Gasteiger partial charge >= 0.3 is 36.6 Å². The molecule has 6 aliphatic rings. The van der Waals surface area contributed by atoms with Crippen LogP contribution in [0.4, 0.5) is 106 Å². The van der Waals surface area contributed by atoms with E-state index in [1.807, 2.05) is 20.8 Å². The number of rotatable bonds is 14. The lowest BCUT2D eigenvalue weighted by atomic mass is 10.0. The number of halogens is 9. The molecule has 37 heteroatoms. The van der Waals surface area contributed by atoms with Gasteiger partial charge in [0.1, 0.15) is 40.4 Å². The lowest BCUT2D eigenvalue weighted by Crippen LogP contribution is -2.48. The maximum Gasteiger partial charge on any atom is 0.391 e. The molecule has 3 saturated heterocycles. The van der Waals surface area contributed by atoms with Crippen molar-refractivity contribution < 1.29 is 77.1 Å². The average molecular weight is 1420 g/mol. The van der Waals surface area contributed by atoms with Crippen LogP contribution in [-0.4, -0.2) is 161 Å². The summed E-state index contributed by atoms with van der Waals surface area (Å²) in [4.78, 5) is 129. The molecule has 3 N–H and O–H groups in total. The molecule has 6 aliphatic heterocycles. The third-order valence-corrected chi connectivity index (χ3v) is 17.3. The number of hydrogen-bond donors (Lipinski definition) is 3. The molecule has 0 spiro atoms. The molecule has 0 radical (unpaired) electrons. The van der Waals surface area contributed by atoms with Crippen molar-refractivity contribution in [3.8, 4) is 29.0 Å². The van der Waals surface area contributed by atoms with E-state index in [1.54, 1.807) is 44.2 Å². The van der Waals surface area contributed by atoms with Crippen molar-refractivity contribution in [2.24, 2.45) is 5.92 Å². The summed E-state index contributed by atoms with van der Waals surface area (Å²) in [5.41, 5.74) is 2.75. The molecule has 0 saturated carbocycles. The van der Waals surface area contributed by atoms with Crippen LogP contribution in [0.15, 0.2) is 100 Å². The molecule has 0 aliphatic carbocycles. The Morgan fingerprint density at radius 1 is 0.520 bits per heavy atom. The molecule has 0 aromatic carbocycles. The summed E-state index contributed by atoms with van der Waals surface area (Å²) >= 11 is 0. The first-order valence-electron chi connectivity index (χ1n) is 31.8. The quantitative estimate of drug-likeness (QED) is 0.0672. The number of fused-ring (bicyclic) bond motifs is 12. The van der Waals surface area contributed by atoms with Crippen LogP contribution in [0.1, 0.15) is 107 Å². The van der Waals surface area contributed by atoms with E-state index in [4.69, 9.17) is 14.1 Å². The Morgan fingerprint density at radius 3 is 1.27 bits per heavy atom. The summed E-state index contributed by atoms with van der Waals surface area (Å²) in [6.07, 6.45) is -8.68. The minimum absolute atomic E-state index is 0.0276. The van der Waals surface area contributed by atoms with E-state index in [9.17, 15) is 68.3 Å². The molecule has 28 nitrogen and oxygen atoms in total. The zero-order chi connectivity index (χ0) is 72.5. The number of anilines is 9. The normalized spacial score (nSPS) is 17.2. The predicted molar refractivity (Wildman–Crippen MR) is 346 cm³/mol. The van der Waals surface area contributed by atoms with Crippen LogP contribution in [0.3, 0.4) is 0 Å². The zero-order valence-electron chi connectivity index (χ0n) is 54.1. The summed E-state index contributed by atoms with van der Waals surface area (Å²) < 4.78 is 125. The van der Waals surface area contributed by atoms with E-state index < -0.39 is 92.0 Å². The summed E-state index contributed by atoms with van der Waals surface area (Å²) in [7, 11) is 0. The number of carbonyl (C=O) groups excluding carboxylic acids is 6. The van der Waals surface area contributed by atoms with Crippen molar-refractivity contribution in [2.75, 3.05) is 84.6 Å². The second-order valence-electron chi connectivity index (χ2n) is 24.4. The minimum Gasteiger partial charge on any atom is -0.439 e. The number of amides is 6. The molecule has 14 heterocycles. The molecule has 102 heavy (non-hydrogen) atoms. The van der Waals surface area contributed by atoms with E-state index in [1.165, 1.54) is 76.0 Å². The van der Waals surface area contributed by atoms with Gasteiger partial charge in [0.05, 0.1) is 71.9 Å². The van der Waals surface area contributed by atoms with Crippen LogP contribution in [0.2, 0.25) is 0 Å². The maximum absolute atomic E-state index is 13.4. The van der Waals surface area contributed by atoms with Gasteiger partial charge in [0, 0.05) is 91.0 Å². The highest BCUT2D eigenvalue weighted by Gasteiger charge is 2.45. The summed E-state index contributed by atoms with van der Waals surface area (Å²) in [5, 5.41) is 16.8. The lowest BCUT2D eigenvalue weighted by Gasteiger charge is -2.35. The number of aromatic nitrogens is 10. The van der Waals surface area contributed by atoms with E-state index in [0.717, 1.165) is 6.92 Å². The molecule has 6 amide bonds. The summed E-state index contributed by atoms with van der Waals surface area (Å²) in [5.74, 6) is -1.30. The van der Waals surface area contributed by atoms with E-state index >= 15 is 0 Å². The summed E-state index contributed by atoms with van der Waals surface area (Å²) in [6, 6.07) is 14.9. The van der Waals surface area contributed by atoms with Gasteiger partial charge in [-0.2, -0.15) is 44.8 Å². The Labute approximate surface area is 572 Å². The smallest absolute Gasteiger partial charge is 0.391 e. The van der Waals surface area contributed by atoms with Gasteiger partial charge in [0.2, 0.25) is 11.9 Å². The van der Waals surface area contributed by atoms with Crippen LogP contribution in [0.25, 0.3) is 22.9 Å². The number of nitrogens with one attached hydrogen (secondary N) is 3. The number of alkyl halides is 9. The predicted octanol–water partition coefficient (Wildman–Crippen LogP) is 11.7. The Kier molecular flexibility index (Phi) is 19.6. The molecule has 530 valence electrons. The lowest BCUT2D eigenvalue weighted by molar-refractivity contribution is -0.168. The van der Waals surface area contributed by atoms with Crippen LogP contribution in [-0.2, 0) is 0 Å². The highest BCUT2D eigenvalue weighted by molar-refractivity contribution is 6.07. The van der Waals surface area contributed by atoms with Crippen molar-refractivity contribution in [2.45, 2.75) is 109 Å². The highest BCUT2D eigenvalue weighted by atomic mass is 19.4. The third-order valence-electron chi connectivity index (χ3n) is 17.3. The molecular weight excluding hydrogens is 1360 g/mol. The van der Waals surface area contributed by atoms with Gasteiger partial charge < -0.3 is 23.5 Å². The SMILES string of the molecule is Cc1ncc(-c2ccnc(NC(=O)N3c4nc(C(=O)CCC(F)(F)F)ccc4N4CC[C@H]3C4)n2)o1.Cc1ncc(-c2ccnc(NC(=O)N3c4nc(C(=O)C[C@H](C)C(F)(F)F)ccc4N4CC[C@H]3C4)n2)o1.N#Cc1ccc(NC(=O)N2c3nc(C(=O)CCC(F)(F)F)ccc3N3CC[C@H]2C3)nc1. The fraction of sp³-hybridized carbons (Fsp3) is 0.369. The van der Waals surface area contributed by atoms with Crippen molar-refractivity contribution in [1.29, 1.82) is 5.26 Å². The Hall–Kier alpha value is -11.7. The number of Topliss-reactive ketones (excluding diaryl/α,β-unsaturated/α-hetero) is 3. The molecule has 3 fully saturated rings. The van der Waals surface area contributed by atoms with E-state index in [-0.39, 0.29) is 70.4 Å². The Morgan fingerprint density at radius 2 is 0.922 bits per heavy atom. The second kappa shape index (κ2) is 28.5. The third kappa shape index (κ3) is 15.8. The number of nitriles is 1. The monoisotopic (exact) mass is 1420 g/mol. The van der Waals surface area contributed by atoms with Gasteiger partial charge in [-0.1, -0.05) is 6.92 Å². The van der Waals surface area contributed by atoms with Crippen molar-refractivity contribution in [3.63, 3.8) is 0 Å². The van der Waals surface area contributed by atoms with E-state index in [0.29, 0.717) is 116 Å². The Bertz CT molecular complexity index is 4580. The molecule has 8 aromatic rings. The van der Waals surface area contributed by atoms with Crippen LogP contribution in [0, 0.1) is 31.1 Å². The van der Waals surface area contributed by atoms with Crippen LogP contribution in [0.5, 0.6) is 0 Å². The maximum atomic E-state index is 13.4. The van der Waals surface area contributed by atoms with Crippen molar-refractivity contribution >= 4 is 87.7 Å². The van der Waals surface area contributed by atoms with Gasteiger partial charge in [0.25, 0.3) is 0 Å².